The fraction of sp³-hybridized carbons (Fsp3) is 0.211. The molecule has 0 aromatic heterocycles. The normalized spacial score (nSPS) is 11.3. The molecule has 2 aromatic rings. The lowest BCUT2D eigenvalue weighted by atomic mass is 10.1. The minimum atomic E-state index is -1.20. The smallest absolute Gasteiger partial charge is 0.321 e. The molecule has 0 aliphatic rings. The summed E-state index contributed by atoms with van der Waals surface area (Å²) in [5.74, 6) is -1.19. The molecule has 7 heteroatoms. The first-order valence-electron chi connectivity index (χ1n) is 7.96. The first-order chi connectivity index (χ1) is 12.5. The summed E-state index contributed by atoms with van der Waals surface area (Å²) in [5, 5.41) is 4.44. The van der Waals surface area contributed by atoms with Crippen molar-refractivity contribution in [1.29, 1.82) is 0 Å². The van der Waals surface area contributed by atoms with Gasteiger partial charge in [0.1, 0.15) is 0 Å². The largest absolute Gasteiger partial charge is 0.447 e. The van der Waals surface area contributed by atoms with E-state index < -0.39 is 24.0 Å². The van der Waals surface area contributed by atoms with Crippen LogP contribution >= 0.6 is 11.8 Å². The van der Waals surface area contributed by atoms with Crippen LogP contribution < -0.4 is 10.6 Å². The lowest BCUT2D eigenvalue weighted by Crippen LogP contribution is -2.41. The van der Waals surface area contributed by atoms with Crippen LogP contribution in [0.4, 0.5) is 4.79 Å². The summed E-state index contributed by atoms with van der Waals surface area (Å²) in [6.45, 7) is 1.96. The number of hydrogen-bond donors (Lipinski definition) is 2. The summed E-state index contributed by atoms with van der Waals surface area (Å²) >= 11 is 1.34. The monoisotopic (exact) mass is 372 g/mol. The number of carbonyl (C=O) groups excluding carboxylic acids is 3. The van der Waals surface area contributed by atoms with E-state index in [1.165, 1.54) is 18.8 Å². The van der Waals surface area contributed by atoms with Crippen molar-refractivity contribution >= 4 is 29.7 Å². The van der Waals surface area contributed by atoms with Gasteiger partial charge in [-0.25, -0.2) is 4.79 Å². The highest BCUT2D eigenvalue weighted by molar-refractivity contribution is 8.00. The van der Waals surface area contributed by atoms with Crippen molar-refractivity contribution in [3.63, 3.8) is 0 Å². The summed E-state index contributed by atoms with van der Waals surface area (Å²) in [4.78, 5) is 36.9. The van der Waals surface area contributed by atoms with Crippen LogP contribution in [0.25, 0.3) is 0 Å². The highest BCUT2D eigenvalue weighted by atomic mass is 32.2. The third kappa shape index (κ3) is 5.63. The molecule has 0 radical (unpaired) electrons. The second-order valence-corrected chi connectivity index (χ2v) is 6.42. The van der Waals surface area contributed by atoms with Crippen molar-refractivity contribution in [1.82, 2.24) is 10.6 Å². The van der Waals surface area contributed by atoms with Crippen LogP contribution in [-0.2, 0) is 14.3 Å². The van der Waals surface area contributed by atoms with Gasteiger partial charge in [0, 0.05) is 17.5 Å². The molecule has 2 N–H and O–H groups in total. The number of carbonyl (C=O) groups is 3. The maximum atomic E-state index is 12.3. The maximum Gasteiger partial charge on any atom is 0.321 e. The zero-order valence-electron chi connectivity index (χ0n) is 14.5. The summed E-state index contributed by atoms with van der Waals surface area (Å²) in [7, 11) is 1.39. The van der Waals surface area contributed by atoms with Crippen LogP contribution in [0.15, 0.2) is 59.5 Å². The van der Waals surface area contributed by atoms with Gasteiger partial charge >= 0.3 is 12.0 Å². The zero-order chi connectivity index (χ0) is 18.9. The Kier molecular flexibility index (Phi) is 7.23. The number of ether oxygens (including phenoxy) is 1. The number of amides is 3. The number of urea groups is 1. The SMILES string of the molecule is CNC(=O)NC(=O)C(OC(=O)CSc1ccccc1C)c1ccccc1. The third-order valence-corrected chi connectivity index (χ3v) is 4.64. The molecule has 1 unspecified atom stereocenters. The number of esters is 1. The van der Waals surface area contributed by atoms with Gasteiger partial charge in [-0.1, -0.05) is 48.5 Å². The minimum Gasteiger partial charge on any atom is -0.447 e. The molecule has 0 aliphatic carbocycles. The van der Waals surface area contributed by atoms with Gasteiger partial charge in [-0.3, -0.25) is 14.9 Å². The quantitative estimate of drug-likeness (QED) is 0.602. The van der Waals surface area contributed by atoms with Gasteiger partial charge in [-0.05, 0) is 18.6 Å². The van der Waals surface area contributed by atoms with Gasteiger partial charge in [-0.15, -0.1) is 11.8 Å². The molecule has 0 fully saturated rings. The molecular weight excluding hydrogens is 352 g/mol. The fourth-order valence-corrected chi connectivity index (χ4v) is 2.97. The maximum absolute atomic E-state index is 12.3. The van der Waals surface area contributed by atoms with Crippen LogP contribution in [0.5, 0.6) is 0 Å². The van der Waals surface area contributed by atoms with Crippen LogP contribution in [0.1, 0.15) is 17.2 Å². The van der Waals surface area contributed by atoms with Gasteiger partial charge in [0.15, 0.2) is 0 Å². The molecule has 26 heavy (non-hydrogen) atoms. The summed E-state index contributed by atoms with van der Waals surface area (Å²) in [5.41, 5.74) is 1.55. The Balaban J connectivity index is 2.06. The molecule has 0 aliphatic heterocycles. The molecule has 6 nitrogen and oxygen atoms in total. The Bertz CT molecular complexity index is 780. The molecule has 2 aromatic carbocycles. The number of hydrogen-bond acceptors (Lipinski definition) is 5. The predicted molar refractivity (Wildman–Crippen MR) is 99.8 cm³/mol. The average molecular weight is 372 g/mol. The zero-order valence-corrected chi connectivity index (χ0v) is 15.3. The standard InChI is InChI=1S/C19H20N2O4S/c1-13-8-6-7-11-15(13)26-12-16(22)25-17(14-9-4-3-5-10-14)18(23)21-19(24)20-2/h3-11,17H,12H2,1-2H3,(H2,20,21,23,24). The third-order valence-electron chi connectivity index (χ3n) is 3.49. The first kappa shape index (κ1) is 19.5. The van der Waals surface area contributed by atoms with Crippen LogP contribution in [-0.4, -0.2) is 30.7 Å². The topological polar surface area (TPSA) is 84.5 Å². The molecule has 0 spiro atoms. The van der Waals surface area contributed by atoms with Crippen molar-refractivity contribution < 1.29 is 19.1 Å². The van der Waals surface area contributed by atoms with E-state index in [1.807, 2.05) is 31.2 Å². The van der Waals surface area contributed by atoms with Gasteiger partial charge in [0.05, 0.1) is 5.75 Å². The molecule has 0 bridgehead atoms. The molecule has 2 rings (SSSR count). The second-order valence-electron chi connectivity index (χ2n) is 5.40. The van der Waals surface area contributed by atoms with E-state index in [0.717, 1.165) is 10.5 Å². The van der Waals surface area contributed by atoms with E-state index in [4.69, 9.17) is 4.74 Å². The molecule has 1 atom stereocenters. The Morgan fingerprint density at radius 2 is 1.69 bits per heavy atom. The van der Waals surface area contributed by atoms with E-state index in [1.54, 1.807) is 30.3 Å². The lowest BCUT2D eigenvalue weighted by Gasteiger charge is -2.17. The summed E-state index contributed by atoms with van der Waals surface area (Å²) in [6.07, 6.45) is -1.20. The molecule has 3 amide bonds. The fourth-order valence-electron chi connectivity index (χ4n) is 2.16. The lowest BCUT2D eigenvalue weighted by molar-refractivity contribution is -0.153. The van der Waals surface area contributed by atoms with Crippen molar-refractivity contribution in [3.05, 3.63) is 65.7 Å². The molecule has 0 saturated carbocycles. The molecule has 0 heterocycles. The van der Waals surface area contributed by atoms with E-state index in [9.17, 15) is 14.4 Å². The molecular formula is C19H20N2O4S. The highest BCUT2D eigenvalue weighted by Gasteiger charge is 2.26. The van der Waals surface area contributed by atoms with Gasteiger partial charge in [0.25, 0.3) is 5.91 Å². The van der Waals surface area contributed by atoms with E-state index in [0.29, 0.717) is 5.56 Å². The van der Waals surface area contributed by atoms with Crippen LogP contribution in [0.2, 0.25) is 0 Å². The Labute approximate surface area is 156 Å². The molecule has 136 valence electrons. The summed E-state index contributed by atoms with van der Waals surface area (Å²) in [6, 6.07) is 15.6. The van der Waals surface area contributed by atoms with Gasteiger partial charge in [-0.2, -0.15) is 0 Å². The first-order valence-corrected chi connectivity index (χ1v) is 8.95. The Morgan fingerprint density at radius 3 is 2.35 bits per heavy atom. The van der Waals surface area contributed by atoms with E-state index >= 15 is 0 Å². The van der Waals surface area contributed by atoms with Crippen molar-refractivity contribution in [3.8, 4) is 0 Å². The van der Waals surface area contributed by atoms with Crippen LogP contribution in [0.3, 0.4) is 0 Å². The number of nitrogens with one attached hydrogen (secondary N) is 2. The molecule has 0 saturated heterocycles. The van der Waals surface area contributed by atoms with Crippen molar-refractivity contribution in [2.24, 2.45) is 0 Å². The number of rotatable bonds is 6. The van der Waals surface area contributed by atoms with Gasteiger partial charge < -0.3 is 10.1 Å². The average Bonchev–Trinajstić information content (AvgIpc) is 2.66. The number of benzene rings is 2. The Hall–Kier alpha value is -2.80. The summed E-state index contributed by atoms with van der Waals surface area (Å²) < 4.78 is 5.35. The van der Waals surface area contributed by atoms with Crippen LogP contribution in [0, 0.1) is 6.92 Å². The highest BCUT2D eigenvalue weighted by Crippen LogP contribution is 2.24. The van der Waals surface area contributed by atoms with Crippen molar-refractivity contribution in [2.45, 2.75) is 17.9 Å². The number of aryl methyl sites for hydroxylation is 1. The van der Waals surface area contributed by atoms with E-state index in [-0.39, 0.29) is 5.75 Å². The van der Waals surface area contributed by atoms with Crippen molar-refractivity contribution in [2.75, 3.05) is 12.8 Å². The number of imide groups is 1. The predicted octanol–water partition coefficient (Wildman–Crippen LogP) is 2.83. The van der Waals surface area contributed by atoms with E-state index in [2.05, 4.69) is 10.6 Å². The second kappa shape index (κ2) is 9.62. The Morgan fingerprint density at radius 1 is 1.04 bits per heavy atom. The minimum absolute atomic E-state index is 0.0570. The van der Waals surface area contributed by atoms with Gasteiger partial charge in [0.2, 0.25) is 6.10 Å². The number of thioether (sulfide) groups is 1.